The summed E-state index contributed by atoms with van der Waals surface area (Å²) in [4.78, 5) is 16.4. The van der Waals surface area contributed by atoms with Gasteiger partial charge in [0.05, 0.1) is 20.0 Å². The van der Waals surface area contributed by atoms with Crippen LogP contribution in [0, 0.1) is 0 Å². The van der Waals surface area contributed by atoms with Crippen LogP contribution in [0.3, 0.4) is 0 Å². The predicted molar refractivity (Wildman–Crippen MR) is 101 cm³/mol. The first kappa shape index (κ1) is 18.4. The van der Waals surface area contributed by atoms with Crippen molar-refractivity contribution >= 4 is 40.4 Å². The third-order valence-corrected chi connectivity index (χ3v) is 4.66. The molecule has 1 aromatic heterocycles. The molecule has 1 N–H and O–H groups in total. The average molecular weight is 393 g/mol. The molecule has 0 atom stereocenters. The molecule has 6 nitrogen and oxygen atoms in total. The molecule has 1 heterocycles. The summed E-state index contributed by atoms with van der Waals surface area (Å²) in [5, 5.41) is 3.88. The van der Waals surface area contributed by atoms with Gasteiger partial charge in [-0.1, -0.05) is 29.4 Å². The van der Waals surface area contributed by atoms with Gasteiger partial charge in [-0.15, -0.1) is 0 Å². The third kappa shape index (κ3) is 4.42. The van der Waals surface area contributed by atoms with Crippen molar-refractivity contribution in [2.45, 2.75) is 11.8 Å². The predicted octanol–water partition coefficient (Wildman–Crippen LogP) is 3.91. The molecular weight excluding hydrogens is 376 g/mol. The maximum atomic E-state index is 12.1. The van der Waals surface area contributed by atoms with Crippen molar-refractivity contribution < 1.29 is 18.7 Å². The fourth-order valence-electron chi connectivity index (χ4n) is 2.31. The quantitative estimate of drug-likeness (QED) is 0.614. The molecule has 8 heteroatoms. The van der Waals surface area contributed by atoms with Crippen molar-refractivity contribution in [1.82, 2.24) is 10.3 Å². The first-order valence-electron chi connectivity index (χ1n) is 7.75. The molecule has 0 bridgehead atoms. The van der Waals surface area contributed by atoms with Crippen molar-refractivity contribution in [2.24, 2.45) is 0 Å². The van der Waals surface area contributed by atoms with E-state index in [0.29, 0.717) is 39.4 Å². The topological polar surface area (TPSA) is 73.6 Å². The van der Waals surface area contributed by atoms with Gasteiger partial charge in [0.25, 0.3) is 5.22 Å². The van der Waals surface area contributed by atoms with E-state index in [9.17, 15) is 4.79 Å². The summed E-state index contributed by atoms with van der Waals surface area (Å²) in [6, 6.07) is 10.7. The van der Waals surface area contributed by atoms with Gasteiger partial charge in [0.15, 0.2) is 17.1 Å². The maximum absolute atomic E-state index is 12.1. The molecule has 0 aliphatic heterocycles. The van der Waals surface area contributed by atoms with Crippen LogP contribution < -0.4 is 14.8 Å². The second-order valence-corrected chi connectivity index (χ2v) is 6.71. The maximum Gasteiger partial charge on any atom is 0.257 e. The number of nitrogens with one attached hydrogen (secondary N) is 1. The molecule has 1 amide bonds. The van der Waals surface area contributed by atoms with Gasteiger partial charge >= 0.3 is 0 Å². The first-order valence-corrected chi connectivity index (χ1v) is 9.12. The average Bonchev–Trinajstić information content (AvgIpc) is 3.06. The molecular formula is C18H17ClN2O4S. The lowest BCUT2D eigenvalue weighted by molar-refractivity contribution is -0.118. The van der Waals surface area contributed by atoms with Crippen LogP contribution in [0.15, 0.2) is 46.0 Å². The number of amides is 1. The van der Waals surface area contributed by atoms with E-state index in [-0.39, 0.29) is 11.7 Å². The Labute approximate surface area is 159 Å². The summed E-state index contributed by atoms with van der Waals surface area (Å²) in [6.07, 6.45) is 0. The van der Waals surface area contributed by atoms with Crippen LogP contribution in [0.25, 0.3) is 11.1 Å². The van der Waals surface area contributed by atoms with Crippen molar-refractivity contribution in [3.63, 3.8) is 0 Å². The second-order valence-electron chi connectivity index (χ2n) is 5.35. The van der Waals surface area contributed by atoms with E-state index >= 15 is 0 Å². The van der Waals surface area contributed by atoms with Crippen LogP contribution in [-0.4, -0.2) is 30.9 Å². The Kier molecular flexibility index (Phi) is 5.90. The number of ether oxygens (including phenoxy) is 2. The number of aromatic nitrogens is 1. The SMILES string of the molecule is COc1ccc(CNC(=O)CSc2nc3cc(Cl)ccc3o2)cc1OC. The number of hydrogen-bond acceptors (Lipinski definition) is 6. The molecule has 3 rings (SSSR count). The fourth-order valence-corrected chi connectivity index (χ4v) is 3.15. The number of rotatable bonds is 7. The second kappa shape index (κ2) is 8.33. The van der Waals surface area contributed by atoms with Gasteiger partial charge in [0.2, 0.25) is 5.91 Å². The molecule has 0 spiro atoms. The minimum Gasteiger partial charge on any atom is -0.493 e. The van der Waals surface area contributed by atoms with Gasteiger partial charge in [0, 0.05) is 11.6 Å². The smallest absolute Gasteiger partial charge is 0.257 e. The Morgan fingerprint density at radius 1 is 1.19 bits per heavy atom. The van der Waals surface area contributed by atoms with Crippen LogP contribution in [0.4, 0.5) is 0 Å². The summed E-state index contributed by atoms with van der Waals surface area (Å²) in [5.41, 5.74) is 2.23. The third-order valence-electron chi connectivity index (χ3n) is 3.59. The fraction of sp³-hybridized carbons (Fsp3) is 0.222. The van der Waals surface area contributed by atoms with E-state index in [0.717, 1.165) is 5.56 Å². The molecule has 3 aromatic rings. The number of fused-ring (bicyclic) bond motifs is 1. The molecule has 2 aromatic carbocycles. The zero-order valence-corrected chi connectivity index (χ0v) is 15.8. The molecule has 0 unspecified atom stereocenters. The number of oxazole rings is 1. The van der Waals surface area contributed by atoms with Crippen LogP contribution >= 0.6 is 23.4 Å². The summed E-state index contributed by atoms with van der Waals surface area (Å²) in [7, 11) is 3.15. The summed E-state index contributed by atoms with van der Waals surface area (Å²) >= 11 is 7.16. The molecule has 26 heavy (non-hydrogen) atoms. The number of nitrogens with zero attached hydrogens (tertiary/aromatic N) is 1. The Morgan fingerprint density at radius 3 is 2.77 bits per heavy atom. The molecule has 0 aliphatic rings. The molecule has 0 saturated carbocycles. The largest absolute Gasteiger partial charge is 0.493 e. The first-order chi connectivity index (χ1) is 12.6. The van der Waals surface area contributed by atoms with Crippen LogP contribution in [0.1, 0.15) is 5.56 Å². The van der Waals surface area contributed by atoms with Gasteiger partial charge in [-0.3, -0.25) is 4.79 Å². The number of methoxy groups -OCH3 is 2. The van der Waals surface area contributed by atoms with Crippen LogP contribution in [-0.2, 0) is 11.3 Å². The molecule has 0 saturated heterocycles. The monoisotopic (exact) mass is 392 g/mol. The van der Waals surface area contributed by atoms with E-state index in [4.69, 9.17) is 25.5 Å². The normalized spacial score (nSPS) is 10.7. The summed E-state index contributed by atoms with van der Waals surface area (Å²) in [5.74, 6) is 1.35. The summed E-state index contributed by atoms with van der Waals surface area (Å²) < 4.78 is 16.0. The number of thioether (sulfide) groups is 1. The van der Waals surface area contributed by atoms with E-state index in [1.54, 1.807) is 38.5 Å². The Balaban J connectivity index is 1.53. The lowest BCUT2D eigenvalue weighted by Crippen LogP contribution is -2.24. The minimum absolute atomic E-state index is 0.120. The Morgan fingerprint density at radius 2 is 2.00 bits per heavy atom. The highest BCUT2D eigenvalue weighted by Crippen LogP contribution is 2.28. The zero-order valence-electron chi connectivity index (χ0n) is 14.2. The highest BCUT2D eigenvalue weighted by atomic mass is 35.5. The van der Waals surface area contributed by atoms with Crippen molar-refractivity contribution in [1.29, 1.82) is 0 Å². The minimum atomic E-state index is -0.120. The van der Waals surface area contributed by atoms with Crippen molar-refractivity contribution in [3.8, 4) is 11.5 Å². The van der Waals surface area contributed by atoms with Crippen LogP contribution in [0.2, 0.25) is 5.02 Å². The molecule has 136 valence electrons. The van der Waals surface area contributed by atoms with Gasteiger partial charge in [-0.25, -0.2) is 4.98 Å². The lowest BCUT2D eigenvalue weighted by atomic mass is 10.2. The number of carbonyl (C=O) groups is 1. The van der Waals surface area contributed by atoms with Gasteiger partial charge in [0.1, 0.15) is 5.52 Å². The van der Waals surface area contributed by atoms with E-state index < -0.39 is 0 Å². The Bertz CT molecular complexity index is 929. The zero-order chi connectivity index (χ0) is 18.5. The number of hydrogen-bond donors (Lipinski definition) is 1. The van der Waals surface area contributed by atoms with Gasteiger partial charge in [-0.2, -0.15) is 0 Å². The lowest BCUT2D eigenvalue weighted by Gasteiger charge is -2.10. The molecule has 0 aliphatic carbocycles. The van der Waals surface area contributed by atoms with E-state index in [1.165, 1.54) is 11.8 Å². The van der Waals surface area contributed by atoms with Crippen LogP contribution in [0.5, 0.6) is 11.5 Å². The standard InChI is InChI=1S/C18H17ClN2O4S/c1-23-15-5-3-11(7-16(15)24-2)9-20-17(22)10-26-18-21-13-8-12(19)4-6-14(13)25-18/h3-8H,9-10H2,1-2H3,(H,20,22). The molecule has 0 radical (unpaired) electrons. The number of halogens is 1. The Hall–Kier alpha value is -2.38. The van der Waals surface area contributed by atoms with Crippen molar-refractivity contribution in [2.75, 3.05) is 20.0 Å². The van der Waals surface area contributed by atoms with E-state index in [1.807, 2.05) is 12.1 Å². The highest BCUT2D eigenvalue weighted by Gasteiger charge is 2.10. The molecule has 0 fully saturated rings. The summed E-state index contributed by atoms with van der Waals surface area (Å²) in [6.45, 7) is 0.392. The highest BCUT2D eigenvalue weighted by molar-refractivity contribution is 7.99. The van der Waals surface area contributed by atoms with E-state index in [2.05, 4.69) is 10.3 Å². The number of carbonyl (C=O) groups excluding carboxylic acids is 1. The van der Waals surface area contributed by atoms with Gasteiger partial charge in [-0.05, 0) is 35.9 Å². The van der Waals surface area contributed by atoms with Crippen molar-refractivity contribution in [3.05, 3.63) is 47.0 Å². The number of benzene rings is 2. The van der Waals surface area contributed by atoms with Gasteiger partial charge < -0.3 is 19.2 Å².